The molecule has 54 valence electrons. The molecule has 0 radical (unpaired) electrons. The SMILES string of the molecule is NCC(=O)O.O=[N+]([O-])O. The molecule has 0 rings (SSSR count). The molecule has 0 unspecified atom stereocenters. The maximum absolute atomic E-state index is 9.24. The molecule has 9 heavy (non-hydrogen) atoms. The van der Waals surface area contributed by atoms with Gasteiger partial charge in [-0.3, -0.25) is 4.79 Å². The molecule has 0 bridgehead atoms. The van der Waals surface area contributed by atoms with Gasteiger partial charge >= 0.3 is 5.97 Å². The van der Waals surface area contributed by atoms with Crippen molar-refractivity contribution in [1.82, 2.24) is 0 Å². The molecule has 0 amide bonds. The van der Waals surface area contributed by atoms with Crippen molar-refractivity contribution in [1.29, 1.82) is 0 Å². The molecule has 0 heterocycles. The minimum atomic E-state index is -1.50. The van der Waals surface area contributed by atoms with Gasteiger partial charge in [0, 0.05) is 0 Å². The molecule has 0 aliphatic rings. The van der Waals surface area contributed by atoms with Crippen LogP contribution in [0, 0.1) is 10.1 Å². The normalized spacial score (nSPS) is 6.78. The van der Waals surface area contributed by atoms with Gasteiger partial charge in [0.25, 0.3) is 5.09 Å². The molecule has 0 aromatic heterocycles. The van der Waals surface area contributed by atoms with Crippen molar-refractivity contribution in [2.45, 2.75) is 0 Å². The first-order chi connectivity index (χ1) is 4.00. The van der Waals surface area contributed by atoms with Crippen molar-refractivity contribution in [3.8, 4) is 0 Å². The Labute approximate surface area is 49.8 Å². The van der Waals surface area contributed by atoms with Crippen molar-refractivity contribution in [2.24, 2.45) is 5.73 Å². The lowest BCUT2D eigenvalue weighted by atomic mass is 10.7. The van der Waals surface area contributed by atoms with Crippen LogP contribution in [0.15, 0.2) is 0 Å². The lowest BCUT2D eigenvalue weighted by Crippen LogP contribution is -2.10. The molecular formula is C2H6N2O5. The van der Waals surface area contributed by atoms with Gasteiger partial charge in [0.05, 0.1) is 6.54 Å². The quantitative estimate of drug-likeness (QED) is 0.304. The number of carboxylic acid groups (broad SMARTS) is 1. The Morgan fingerprint density at radius 1 is 1.78 bits per heavy atom. The van der Waals surface area contributed by atoms with Crippen molar-refractivity contribution in [2.75, 3.05) is 6.54 Å². The van der Waals surface area contributed by atoms with Gasteiger partial charge in [-0.25, -0.2) is 0 Å². The highest BCUT2D eigenvalue weighted by Gasteiger charge is 1.81. The van der Waals surface area contributed by atoms with Gasteiger partial charge in [0.1, 0.15) is 0 Å². The Bertz CT molecular complexity index is 97.1. The summed E-state index contributed by atoms with van der Waals surface area (Å²) in [6.45, 7) is -0.278. The first kappa shape index (κ1) is 10.6. The molecule has 7 heteroatoms. The van der Waals surface area contributed by atoms with Crippen LogP contribution in [0.4, 0.5) is 0 Å². The summed E-state index contributed by atoms with van der Waals surface area (Å²) >= 11 is 0. The number of hydrogen-bond donors (Lipinski definition) is 3. The molecule has 0 atom stereocenters. The highest BCUT2D eigenvalue weighted by Crippen LogP contribution is 1.43. The predicted molar refractivity (Wildman–Crippen MR) is 25.5 cm³/mol. The number of carboxylic acids is 1. The average molecular weight is 138 g/mol. The van der Waals surface area contributed by atoms with E-state index in [1.54, 1.807) is 0 Å². The van der Waals surface area contributed by atoms with Crippen LogP contribution >= 0.6 is 0 Å². The highest BCUT2D eigenvalue weighted by molar-refractivity contribution is 5.68. The minimum absolute atomic E-state index is 0.278. The molecular weight excluding hydrogens is 132 g/mol. The van der Waals surface area contributed by atoms with Crippen molar-refractivity contribution in [3.05, 3.63) is 10.1 Å². The number of aliphatic carboxylic acids is 1. The fraction of sp³-hybridized carbons (Fsp3) is 0.500. The largest absolute Gasteiger partial charge is 0.480 e. The summed E-state index contributed by atoms with van der Waals surface area (Å²) < 4.78 is 0. The van der Waals surface area contributed by atoms with E-state index in [2.05, 4.69) is 5.73 Å². The van der Waals surface area contributed by atoms with Crippen LogP contribution in [-0.4, -0.2) is 27.9 Å². The maximum atomic E-state index is 9.24. The van der Waals surface area contributed by atoms with E-state index in [0.29, 0.717) is 0 Å². The third kappa shape index (κ3) is 358. The fourth-order valence-electron chi connectivity index (χ4n) is 0. The zero-order valence-electron chi connectivity index (χ0n) is 4.35. The Kier molecular flexibility index (Phi) is 7.79. The lowest BCUT2D eigenvalue weighted by Gasteiger charge is -1.73. The third-order valence-corrected chi connectivity index (χ3v) is 0.175. The van der Waals surface area contributed by atoms with Gasteiger partial charge in [0.15, 0.2) is 0 Å². The van der Waals surface area contributed by atoms with Crippen LogP contribution in [-0.2, 0) is 4.79 Å². The molecule has 0 aromatic carbocycles. The maximum Gasteiger partial charge on any atom is 0.317 e. The van der Waals surface area contributed by atoms with Gasteiger partial charge < -0.3 is 16.0 Å². The van der Waals surface area contributed by atoms with Crippen LogP contribution in [0.3, 0.4) is 0 Å². The van der Waals surface area contributed by atoms with Crippen LogP contribution in [0.25, 0.3) is 0 Å². The summed E-state index contributed by atoms with van der Waals surface area (Å²) in [5, 5.41) is 21.2. The summed E-state index contributed by atoms with van der Waals surface area (Å²) in [5.74, 6) is -0.968. The van der Waals surface area contributed by atoms with Gasteiger partial charge in [-0.1, -0.05) is 0 Å². The number of carbonyl (C=O) groups is 1. The predicted octanol–water partition coefficient (Wildman–Crippen LogP) is -1.32. The van der Waals surface area contributed by atoms with Crippen LogP contribution in [0.1, 0.15) is 0 Å². The Hall–Kier alpha value is -1.37. The third-order valence-electron chi connectivity index (χ3n) is 0.175. The zero-order chi connectivity index (χ0) is 7.86. The van der Waals surface area contributed by atoms with Gasteiger partial charge in [0.2, 0.25) is 0 Å². The smallest absolute Gasteiger partial charge is 0.317 e. The Balaban J connectivity index is 0. The van der Waals surface area contributed by atoms with E-state index in [4.69, 9.17) is 20.4 Å². The molecule has 0 fully saturated rings. The summed E-state index contributed by atoms with van der Waals surface area (Å²) in [5.41, 5.74) is 4.57. The van der Waals surface area contributed by atoms with Gasteiger partial charge in [-0.05, 0) is 0 Å². The summed E-state index contributed by atoms with van der Waals surface area (Å²) in [6, 6.07) is 0. The van der Waals surface area contributed by atoms with E-state index < -0.39 is 11.1 Å². The molecule has 0 saturated heterocycles. The second-order valence-electron chi connectivity index (χ2n) is 0.836. The number of nitrogens with zero attached hydrogens (tertiary/aromatic N) is 1. The van der Waals surface area contributed by atoms with Gasteiger partial charge in [-0.15, -0.1) is 10.1 Å². The van der Waals surface area contributed by atoms with E-state index >= 15 is 0 Å². The average Bonchev–Trinajstić information content (AvgIpc) is 1.65. The molecule has 7 nitrogen and oxygen atoms in total. The Morgan fingerprint density at radius 2 is 1.89 bits per heavy atom. The molecule has 0 spiro atoms. The molecule has 0 saturated carbocycles. The lowest BCUT2D eigenvalue weighted by molar-refractivity contribution is -0.742. The first-order valence-corrected chi connectivity index (χ1v) is 1.75. The Morgan fingerprint density at radius 3 is 1.89 bits per heavy atom. The monoisotopic (exact) mass is 138 g/mol. The van der Waals surface area contributed by atoms with E-state index in [-0.39, 0.29) is 6.54 Å². The zero-order valence-corrected chi connectivity index (χ0v) is 4.35. The molecule has 0 aromatic rings. The number of hydrogen-bond acceptors (Lipinski definition) is 4. The topological polar surface area (TPSA) is 127 Å². The second-order valence-corrected chi connectivity index (χ2v) is 0.836. The fourth-order valence-corrected chi connectivity index (χ4v) is 0. The van der Waals surface area contributed by atoms with Crippen molar-refractivity contribution >= 4 is 5.97 Å². The van der Waals surface area contributed by atoms with Crippen LogP contribution in [0.5, 0.6) is 0 Å². The standard InChI is InChI=1S/C2H5NO2.HNO3/c3-1-2(4)5;2-1(3)4/h1,3H2,(H,4,5);(H,2,3,4). The van der Waals surface area contributed by atoms with E-state index in [1.165, 1.54) is 0 Å². The van der Waals surface area contributed by atoms with Crippen molar-refractivity contribution < 1.29 is 20.2 Å². The number of nitrogens with two attached hydrogens (primary N) is 1. The second kappa shape index (κ2) is 6.63. The van der Waals surface area contributed by atoms with Gasteiger partial charge in [-0.2, -0.15) is 0 Å². The van der Waals surface area contributed by atoms with Crippen LogP contribution in [0.2, 0.25) is 0 Å². The minimum Gasteiger partial charge on any atom is -0.480 e. The van der Waals surface area contributed by atoms with E-state index in [0.717, 1.165) is 0 Å². The summed E-state index contributed by atoms with van der Waals surface area (Å²) in [6.07, 6.45) is 0. The van der Waals surface area contributed by atoms with Crippen LogP contribution < -0.4 is 5.73 Å². The van der Waals surface area contributed by atoms with E-state index in [1.807, 2.05) is 0 Å². The summed E-state index contributed by atoms with van der Waals surface area (Å²) in [4.78, 5) is 17.6. The van der Waals surface area contributed by atoms with Crippen molar-refractivity contribution in [3.63, 3.8) is 0 Å². The molecule has 0 aliphatic heterocycles. The first-order valence-electron chi connectivity index (χ1n) is 1.75. The molecule has 0 aliphatic carbocycles. The highest BCUT2D eigenvalue weighted by atomic mass is 16.9. The number of rotatable bonds is 1. The molecule has 4 N–H and O–H groups in total. The summed E-state index contributed by atoms with van der Waals surface area (Å²) in [7, 11) is 0. The van der Waals surface area contributed by atoms with E-state index in [9.17, 15) is 4.79 Å².